The second kappa shape index (κ2) is 11.7. The van der Waals surface area contributed by atoms with Crippen molar-refractivity contribution >= 4 is 61.6 Å². The van der Waals surface area contributed by atoms with E-state index < -0.39 is 50.1 Å². The quantitative estimate of drug-likeness (QED) is 0.357. The second-order valence-corrected chi connectivity index (χ2v) is 4.20. The van der Waals surface area contributed by atoms with E-state index in [0.717, 1.165) is 0 Å². The molecule has 0 aromatic carbocycles. The summed E-state index contributed by atoms with van der Waals surface area (Å²) in [5, 5.41) is 41.7. The van der Waals surface area contributed by atoms with Gasteiger partial charge in [-0.05, 0) is 0 Å². The normalized spacial score (nSPS) is 12.8. The fraction of sp³-hybridized carbons (Fsp3) is 0.600. The van der Waals surface area contributed by atoms with E-state index in [9.17, 15) is 39.6 Å². The van der Waals surface area contributed by atoms with Crippen molar-refractivity contribution in [3.8, 4) is 0 Å². The Bertz CT molecular complexity index is 321. The van der Waals surface area contributed by atoms with Gasteiger partial charge in [-0.3, -0.25) is 0 Å². The molecule has 2 radical (unpaired) electrons. The van der Waals surface area contributed by atoms with E-state index in [2.05, 4.69) is 0 Å². The first-order valence-corrected chi connectivity index (χ1v) is 5.67. The van der Waals surface area contributed by atoms with Gasteiger partial charge in [0.15, 0.2) is 13.1 Å². The standard InChI is InChI=1S/C10H14N2O8.Ca/c13-7(14)3-11(4-8(15)16)1-2-12(5-9(17)18)6-10(19)20;/h1-6H2,(H,13,14)(H,17,18);/q;+2. The van der Waals surface area contributed by atoms with E-state index in [1.165, 1.54) is 0 Å². The van der Waals surface area contributed by atoms with Gasteiger partial charge in [0.25, 0.3) is 0 Å². The van der Waals surface area contributed by atoms with Gasteiger partial charge >= 0.3 is 49.7 Å². The molecule has 0 saturated heterocycles. The van der Waals surface area contributed by atoms with Crippen molar-refractivity contribution in [2.24, 2.45) is 0 Å². The molecule has 112 valence electrons. The third-order valence-corrected chi connectivity index (χ3v) is 2.41. The molecule has 0 amide bonds. The van der Waals surface area contributed by atoms with E-state index >= 15 is 0 Å². The molecule has 0 aromatic heterocycles. The number of hydrogen-bond acceptors (Lipinski definition) is 6. The molecule has 0 aliphatic rings. The van der Waals surface area contributed by atoms with Crippen LogP contribution in [0.5, 0.6) is 0 Å². The molecule has 0 rings (SSSR count). The van der Waals surface area contributed by atoms with Gasteiger partial charge in [-0.15, -0.1) is 0 Å². The van der Waals surface area contributed by atoms with E-state index in [1.54, 1.807) is 0 Å². The van der Waals surface area contributed by atoms with Crippen LogP contribution < -0.4 is 20.0 Å². The Morgan fingerprint density at radius 3 is 1.14 bits per heavy atom. The van der Waals surface area contributed by atoms with Crippen molar-refractivity contribution in [3.63, 3.8) is 0 Å². The number of carboxylic acid groups (broad SMARTS) is 2. The van der Waals surface area contributed by atoms with E-state index in [1.807, 2.05) is 0 Å². The monoisotopic (exact) mass is 330 g/mol. The minimum atomic E-state index is -1.48. The number of rotatable bonds is 11. The van der Waals surface area contributed by atoms with Gasteiger partial charge in [-0.2, -0.15) is 0 Å². The molecule has 10 nitrogen and oxygen atoms in total. The van der Waals surface area contributed by atoms with Gasteiger partial charge in [-0.1, -0.05) is 0 Å². The fourth-order valence-corrected chi connectivity index (χ4v) is 1.65. The number of nitrogens with one attached hydrogen (secondary N) is 2. The van der Waals surface area contributed by atoms with Crippen LogP contribution in [0.2, 0.25) is 0 Å². The summed E-state index contributed by atoms with van der Waals surface area (Å²) < 4.78 is 0. The fourth-order valence-electron chi connectivity index (χ4n) is 1.65. The first-order chi connectivity index (χ1) is 9.20. The van der Waals surface area contributed by atoms with Gasteiger partial charge < -0.3 is 29.6 Å². The zero-order valence-corrected chi connectivity index (χ0v) is 13.4. The molecule has 0 unspecified atom stereocenters. The zero-order chi connectivity index (χ0) is 15.7. The minimum absolute atomic E-state index is 0. The topological polar surface area (TPSA) is 163 Å². The Kier molecular flexibility index (Phi) is 12.4. The van der Waals surface area contributed by atoms with Crippen LogP contribution in [0.4, 0.5) is 0 Å². The number of hydrogen-bond donors (Lipinski definition) is 2. The molecule has 0 fully saturated rings. The van der Waals surface area contributed by atoms with Gasteiger partial charge in [0.2, 0.25) is 0 Å². The number of carbonyl (C=O) groups excluding carboxylic acids is 4. The molecule has 0 aliphatic carbocycles. The van der Waals surface area contributed by atoms with Crippen LogP contribution in [-0.4, -0.2) is 101 Å². The summed E-state index contributed by atoms with van der Waals surface area (Å²) in [6.07, 6.45) is 0. The first-order valence-electron chi connectivity index (χ1n) is 5.67. The summed E-state index contributed by atoms with van der Waals surface area (Å²) >= 11 is 0. The Labute approximate surface area is 149 Å². The second-order valence-electron chi connectivity index (χ2n) is 4.20. The largest absolute Gasteiger partial charge is 2.00 e. The maximum Gasteiger partial charge on any atom is 2.00 e. The third-order valence-electron chi connectivity index (χ3n) is 2.41. The summed E-state index contributed by atoms with van der Waals surface area (Å²) in [4.78, 5) is 41.8. The van der Waals surface area contributed by atoms with Crippen molar-refractivity contribution in [2.45, 2.75) is 0 Å². The van der Waals surface area contributed by atoms with Gasteiger partial charge in [0.05, 0.1) is 11.9 Å². The van der Waals surface area contributed by atoms with Gasteiger partial charge in [0.1, 0.15) is 26.2 Å². The summed E-state index contributed by atoms with van der Waals surface area (Å²) in [7, 11) is 0. The van der Waals surface area contributed by atoms with Crippen LogP contribution in [-0.2, 0) is 29.4 Å². The van der Waals surface area contributed by atoms with Crippen LogP contribution in [0.3, 0.4) is 0 Å². The minimum Gasteiger partial charge on any atom is -0.544 e. The molecular formula is C10H14CaN2O8+2. The van der Waals surface area contributed by atoms with Gasteiger partial charge in [-0.25, -0.2) is 19.8 Å². The van der Waals surface area contributed by atoms with Crippen molar-refractivity contribution in [2.75, 3.05) is 39.3 Å². The molecule has 0 aliphatic heterocycles. The Morgan fingerprint density at radius 1 is 0.667 bits per heavy atom. The number of carbonyl (C=O) groups is 4. The zero-order valence-electron chi connectivity index (χ0n) is 11.2. The maximum absolute atomic E-state index is 10.4. The third kappa shape index (κ3) is 13.8. The Hall–Kier alpha value is -0.940. The molecule has 0 atom stereocenters. The molecule has 21 heavy (non-hydrogen) atoms. The molecule has 0 heterocycles. The Balaban J connectivity index is 0. The van der Waals surface area contributed by atoms with E-state index in [4.69, 9.17) is 0 Å². The van der Waals surface area contributed by atoms with Crippen molar-refractivity contribution in [1.29, 1.82) is 0 Å². The van der Waals surface area contributed by atoms with Crippen LogP contribution in [0.1, 0.15) is 0 Å². The molecule has 0 aromatic rings. The summed E-state index contributed by atoms with van der Waals surface area (Å²) in [5.41, 5.74) is 0. The average Bonchev–Trinajstić information content (AvgIpc) is 2.22. The average molecular weight is 330 g/mol. The smallest absolute Gasteiger partial charge is 0.544 e. The summed E-state index contributed by atoms with van der Waals surface area (Å²) in [5.74, 6) is -5.93. The Morgan fingerprint density at radius 2 is 0.952 bits per heavy atom. The molecular weight excluding hydrogens is 316 g/mol. The molecule has 11 heteroatoms. The predicted octanol–water partition coefficient (Wildman–Crippen LogP) is -8.21. The first kappa shape index (κ1) is 22.3. The van der Waals surface area contributed by atoms with Crippen molar-refractivity contribution < 1.29 is 49.4 Å². The van der Waals surface area contributed by atoms with E-state index in [0.29, 0.717) is 0 Å². The number of carboxylic acids is 2. The number of quaternary nitrogens is 2. The molecule has 0 spiro atoms. The van der Waals surface area contributed by atoms with Crippen molar-refractivity contribution in [3.05, 3.63) is 0 Å². The summed E-state index contributed by atoms with van der Waals surface area (Å²) in [6, 6.07) is 0. The van der Waals surface area contributed by atoms with E-state index in [-0.39, 0.29) is 60.6 Å². The van der Waals surface area contributed by atoms with Crippen LogP contribution in [0.15, 0.2) is 0 Å². The van der Waals surface area contributed by atoms with Crippen LogP contribution in [0.25, 0.3) is 0 Å². The number of aliphatic carboxylic acids is 2. The van der Waals surface area contributed by atoms with Crippen LogP contribution in [0, 0.1) is 0 Å². The van der Waals surface area contributed by atoms with Crippen molar-refractivity contribution in [1.82, 2.24) is 0 Å². The van der Waals surface area contributed by atoms with Gasteiger partial charge in [0, 0.05) is 0 Å². The SMILES string of the molecule is [Ca+2].[O]C(=O)C[NH+](CC[NH+](CC([O])=O)CC(=O)[O-])CC(=O)[O-]. The maximum atomic E-state index is 10.4. The summed E-state index contributed by atoms with van der Waals surface area (Å²) in [6.45, 7) is -2.62. The molecule has 0 bridgehead atoms. The predicted molar refractivity (Wildman–Crippen MR) is 58.3 cm³/mol. The molecule has 2 N–H and O–H groups in total. The molecule has 0 saturated carbocycles. The van der Waals surface area contributed by atoms with Crippen LogP contribution >= 0.6 is 0 Å².